The standard InChI is InChI=1S/C20H28N2O6S/c1-13(14-9-7-6-8-10-14)18(25)29-12-15(17(24)21-11-16(23)27-5)22-19(26)28-20(2,3)4/h6-10,13,15H,11-12H2,1-5H3,(H,21,24)(H,22,26)/t13-,15+/m1/s1. The summed E-state index contributed by atoms with van der Waals surface area (Å²) in [5.41, 5.74) is 0.110. The second-order valence-electron chi connectivity index (χ2n) is 7.26. The van der Waals surface area contributed by atoms with E-state index in [1.807, 2.05) is 30.3 Å². The van der Waals surface area contributed by atoms with Crippen molar-refractivity contribution in [1.82, 2.24) is 10.6 Å². The van der Waals surface area contributed by atoms with Crippen molar-refractivity contribution in [3.63, 3.8) is 0 Å². The zero-order valence-electron chi connectivity index (χ0n) is 17.3. The molecule has 0 aliphatic heterocycles. The number of carbonyl (C=O) groups is 4. The average Bonchev–Trinajstić information content (AvgIpc) is 2.67. The normalized spacial score (nSPS) is 13.0. The number of hydrogen-bond acceptors (Lipinski definition) is 7. The number of esters is 1. The molecule has 160 valence electrons. The highest BCUT2D eigenvalue weighted by atomic mass is 32.2. The Hall–Kier alpha value is -2.55. The summed E-state index contributed by atoms with van der Waals surface area (Å²) in [6.07, 6.45) is -0.792. The fraction of sp³-hybridized carbons (Fsp3) is 0.500. The molecule has 2 atom stereocenters. The van der Waals surface area contributed by atoms with E-state index in [0.717, 1.165) is 17.3 Å². The van der Waals surface area contributed by atoms with Crippen molar-refractivity contribution in [2.75, 3.05) is 19.4 Å². The lowest BCUT2D eigenvalue weighted by molar-refractivity contribution is -0.141. The summed E-state index contributed by atoms with van der Waals surface area (Å²) in [6.45, 7) is 6.51. The van der Waals surface area contributed by atoms with Gasteiger partial charge in [-0.1, -0.05) is 49.0 Å². The number of benzene rings is 1. The molecule has 2 N–H and O–H groups in total. The van der Waals surface area contributed by atoms with Gasteiger partial charge >= 0.3 is 12.1 Å². The van der Waals surface area contributed by atoms with E-state index in [1.54, 1.807) is 27.7 Å². The Morgan fingerprint density at radius 3 is 2.28 bits per heavy atom. The van der Waals surface area contributed by atoms with E-state index in [0.29, 0.717) is 0 Å². The van der Waals surface area contributed by atoms with Crippen LogP contribution in [0.2, 0.25) is 0 Å². The Morgan fingerprint density at radius 2 is 1.72 bits per heavy atom. The summed E-state index contributed by atoms with van der Waals surface area (Å²) in [5.74, 6) is -1.63. The van der Waals surface area contributed by atoms with Gasteiger partial charge in [0.1, 0.15) is 18.2 Å². The Balaban J connectivity index is 2.76. The summed E-state index contributed by atoms with van der Waals surface area (Å²) in [5, 5.41) is 4.68. The molecule has 9 heteroatoms. The number of hydrogen-bond donors (Lipinski definition) is 2. The highest BCUT2D eigenvalue weighted by Gasteiger charge is 2.27. The van der Waals surface area contributed by atoms with Gasteiger partial charge in [-0.3, -0.25) is 14.4 Å². The van der Waals surface area contributed by atoms with Crippen LogP contribution >= 0.6 is 11.8 Å². The molecule has 0 aliphatic rings. The van der Waals surface area contributed by atoms with Gasteiger partial charge in [-0.25, -0.2) is 4.79 Å². The Kier molecular flexibility index (Phi) is 9.67. The van der Waals surface area contributed by atoms with Crippen LogP contribution in [0, 0.1) is 0 Å². The number of carbonyl (C=O) groups excluding carboxylic acids is 4. The third-order valence-corrected chi connectivity index (χ3v) is 4.83. The van der Waals surface area contributed by atoms with Gasteiger partial charge in [0, 0.05) is 5.75 Å². The molecule has 0 spiro atoms. The van der Waals surface area contributed by atoms with Gasteiger partial charge in [0.2, 0.25) is 5.91 Å². The molecular weight excluding hydrogens is 396 g/mol. The molecule has 8 nitrogen and oxygen atoms in total. The smallest absolute Gasteiger partial charge is 0.408 e. The molecular formula is C20H28N2O6S. The molecule has 0 saturated carbocycles. The van der Waals surface area contributed by atoms with Gasteiger partial charge < -0.3 is 20.1 Å². The van der Waals surface area contributed by atoms with Gasteiger partial charge in [-0.2, -0.15) is 0 Å². The molecule has 1 aromatic carbocycles. The first-order chi connectivity index (χ1) is 13.5. The van der Waals surface area contributed by atoms with E-state index in [1.165, 1.54) is 7.11 Å². The number of amides is 2. The molecule has 0 bridgehead atoms. The predicted octanol–water partition coefficient (Wildman–Crippen LogP) is 2.23. The minimum Gasteiger partial charge on any atom is -0.468 e. The number of ether oxygens (including phenoxy) is 2. The lowest BCUT2D eigenvalue weighted by Gasteiger charge is -2.23. The molecule has 0 unspecified atom stereocenters. The number of rotatable bonds is 8. The second-order valence-corrected chi connectivity index (χ2v) is 8.28. The van der Waals surface area contributed by atoms with Crippen molar-refractivity contribution in [3.8, 4) is 0 Å². The first-order valence-electron chi connectivity index (χ1n) is 9.09. The van der Waals surface area contributed by atoms with E-state index < -0.39 is 29.6 Å². The van der Waals surface area contributed by atoms with Crippen LogP contribution in [0.15, 0.2) is 30.3 Å². The van der Waals surface area contributed by atoms with Crippen molar-refractivity contribution in [2.45, 2.75) is 45.3 Å². The number of nitrogens with one attached hydrogen (secondary N) is 2. The van der Waals surface area contributed by atoms with Crippen LogP contribution < -0.4 is 10.6 Å². The van der Waals surface area contributed by atoms with Gasteiger partial charge in [0.15, 0.2) is 5.12 Å². The second kappa shape index (κ2) is 11.5. The molecule has 0 radical (unpaired) electrons. The number of methoxy groups -OCH3 is 1. The Morgan fingerprint density at radius 1 is 1.10 bits per heavy atom. The molecule has 29 heavy (non-hydrogen) atoms. The molecule has 1 rings (SSSR count). The summed E-state index contributed by atoms with van der Waals surface area (Å²) < 4.78 is 9.65. The maximum Gasteiger partial charge on any atom is 0.408 e. The van der Waals surface area contributed by atoms with E-state index in [4.69, 9.17) is 4.74 Å². The topological polar surface area (TPSA) is 111 Å². The Bertz CT molecular complexity index is 717. The van der Waals surface area contributed by atoms with Crippen molar-refractivity contribution in [1.29, 1.82) is 0 Å². The van der Waals surface area contributed by atoms with E-state index in [-0.39, 0.29) is 23.3 Å². The molecule has 2 amide bonds. The quantitative estimate of drug-likeness (QED) is 0.616. The van der Waals surface area contributed by atoms with Crippen LogP contribution in [-0.2, 0) is 23.9 Å². The maximum atomic E-state index is 12.5. The van der Waals surface area contributed by atoms with Crippen molar-refractivity contribution in [3.05, 3.63) is 35.9 Å². The zero-order valence-corrected chi connectivity index (χ0v) is 18.1. The van der Waals surface area contributed by atoms with Crippen LogP contribution in [0.1, 0.15) is 39.2 Å². The third kappa shape index (κ3) is 9.47. The summed E-state index contributed by atoms with van der Waals surface area (Å²) in [6, 6.07) is 8.19. The number of alkyl carbamates (subject to hydrolysis) is 1. The minimum atomic E-state index is -1.06. The SMILES string of the molecule is COC(=O)CNC(=O)[C@H](CSC(=O)[C@H](C)c1ccccc1)NC(=O)OC(C)(C)C. The van der Waals surface area contributed by atoms with Crippen molar-refractivity contribution >= 4 is 34.8 Å². The largest absolute Gasteiger partial charge is 0.468 e. The van der Waals surface area contributed by atoms with Gasteiger partial charge in [-0.05, 0) is 26.3 Å². The highest BCUT2D eigenvalue weighted by molar-refractivity contribution is 8.13. The van der Waals surface area contributed by atoms with Crippen LogP contribution in [0.4, 0.5) is 4.79 Å². The third-order valence-electron chi connectivity index (χ3n) is 3.69. The lowest BCUT2D eigenvalue weighted by atomic mass is 10.0. The predicted molar refractivity (Wildman–Crippen MR) is 111 cm³/mol. The summed E-state index contributed by atoms with van der Waals surface area (Å²) in [7, 11) is 1.20. The lowest BCUT2D eigenvalue weighted by Crippen LogP contribution is -2.50. The molecule has 0 aliphatic carbocycles. The van der Waals surface area contributed by atoms with E-state index >= 15 is 0 Å². The molecule has 1 aromatic rings. The fourth-order valence-corrected chi connectivity index (χ4v) is 3.11. The first-order valence-corrected chi connectivity index (χ1v) is 10.1. The van der Waals surface area contributed by atoms with E-state index in [9.17, 15) is 19.2 Å². The van der Waals surface area contributed by atoms with Gasteiger partial charge in [-0.15, -0.1) is 0 Å². The van der Waals surface area contributed by atoms with Crippen molar-refractivity contribution < 1.29 is 28.7 Å². The van der Waals surface area contributed by atoms with Crippen LogP contribution in [0.5, 0.6) is 0 Å². The number of thioether (sulfide) groups is 1. The summed E-state index contributed by atoms with van der Waals surface area (Å²) in [4.78, 5) is 48.2. The minimum absolute atomic E-state index is 0.0117. The Labute approximate surface area is 175 Å². The average molecular weight is 425 g/mol. The van der Waals surface area contributed by atoms with Crippen LogP contribution in [-0.4, -0.2) is 54.1 Å². The monoisotopic (exact) mass is 424 g/mol. The van der Waals surface area contributed by atoms with Crippen LogP contribution in [0.3, 0.4) is 0 Å². The molecule has 0 heterocycles. The summed E-state index contributed by atoms with van der Waals surface area (Å²) >= 11 is 0.930. The van der Waals surface area contributed by atoms with Gasteiger partial charge in [0.25, 0.3) is 0 Å². The molecule has 0 fully saturated rings. The zero-order chi connectivity index (χ0) is 22.0. The molecule has 0 saturated heterocycles. The fourth-order valence-electron chi connectivity index (χ4n) is 2.16. The first kappa shape index (κ1) is 24.5. The molecule has 0 aromatic heterocycles. The highest BCUT2D eigenvalue weighted by Crippen LogP contribution is 2.22. The van der Waals surface area contributed by atoms with Crippen LogP contribution in [0.25, 0.3) is 0 Å². The van der Waals surface area contributed by atoms with E-state index in [2.05, 4.69) is 15.4 Å². The maximum absolute atomic E-state index is 12.5. The van der Waals surface area contributed by atoms with Crippen molar-refractivity contribution in [2.24, 2.45) is 0 Å². The van der Waals surface area contributed by atoms with Gasteiger partial charge in [0.05, 0.1) is 13.0 Å².